The zero-order chi connectivity index (χ0) is 43.7. The van der Waals surface area contributed by atoms with E-state index in [-0.39, 0.29) is 26.2 Å². The Hall–Kier alpha value is -2.82. The number of likely N-dealkylation sites (N-methyl/N-ethyl adjacent to an activating group) is 1. The standard InChI is InChI=1S/C48H82NO9P/c1-6-8-10-11-12-13-14-15-16-17-18-19-20-23-28-34-41-55-43-47(44-57-59(53,54)56-42-40-49(3,4)5)58-48(52)39-33-25-22-21-24-30-36-46(51)38-32-27-26-31-37-45(50)35-29-9-7-2/h9,13-14,22,24-27,29-32,34,37-38,41,45-47,50-51H,6-8,10-12,15-21,23,28,33,35-36,39-40,42-44H2,1-5H3/p+1/b14-13-,25-22-,27-26-,29-9-,30-24-,37-31+,38-32+,41-34+/t45-,46+,47+/m0/s1. The van der Waals surface area contributed by atoms with Gasteiger partial charge in [-0.3, -0.25) is 13.8 Å². The quantitative estimate of drug-likeness (QED) is 0.0105. The number of esters is 1. The van der Waals surface area contributed by atoms with E-state index in [9.17, 15) is 24.5 Å². The normalized spacial score (nSPS) is 15.7. The van der Waals surface area contributed by atoms with Crippen molar-refractivity contribution in [1.29, 1.82) is 0 Å². The second kappa shape index (κ2) is 39.3. The Bertz CT molecular complexity index is 1300. The Balaban J connectivity index is 4.57. The summed E-state index contributed by atoms with van der Waals surface area (Å²) in [6.07, 6.45) is 47.6. The van der Waals surface area contributed by atoms with Crippen molar-refractivity contribution in [2.24, 2.45) is 0 Å². The van der Waals surface area contributed by atoms with E-state index in [2.05, 4.69) is 26.0 Å². The molecule has 0 fully saturated rings. The van der Waals surface area contributed by atoms with Crippen LogP contribution in [0.3, 0.4) is 0 Å². The van der Waals surface area contributed by atoms with Gasteiger partial charge in [0.1, 0.15) is 19.8 Å². The molecule has 0 bridgehead atoms. The Morgan fingerprint density at radius 3 is 1.78 bits per heavy atom. The fourth-order valence-electron chi connectivity index (χ4n) is 5.36. The molecule has 3 N–H and O–H groups in total. The van der Waals surface area contributed by atoms with Gasteiger partial charge in [-0.1, -0.05) is 144 Å². The summed E-state index contributed by atoms with van der Waals surface area (Å²) in [7, 11) is 1.50. The summed E-state index contributed by atoms with van der Waals surface area (Å²) in [6, 6.07) is 0. The van der Waals surface area contributed by atoms with Crippen molar-refractivity contribution in [3.8, 4) is 0 Å². The molecule has 10 nitrogen and oxygen atoms in total. The first kappa shape index (κ1) is 56.2. The van der Waals surface area contributed by atoms with Crippen LogP contribution in [-0.4, -0.2) is 91.4 Å². The van der Waals surface area contributed by atoms with Crippen LogP contribution in [0.15, 0.2) is 97.4 Å². The summed E-state index contributed by atoms with van der Waals surface area (Å²) in [5.74, 6) is -0.469. The Morgan fingerprint density at radius 1 is 0.644 bits per heavy atom. The van der Waals surface area contributed by atoms with E-state index in [1.54, 1.807) is 36.6 Å². The maximum Gasteiger partial charge on any atom is 0.472 e. The number of carbonyl (C=O) groups is 1. The predicted octanol–water partition coefficient (Wildman–Crippen LogP) is 11.3. The molecule has 0 aliphatic heterocycles. The number of quaternary nitrogens is 1. The van der Waals surface area contributed by atoms with Crippen molar-refractivity contribution in [2.75, 3.05) is 47.5 Å². The molecular formula is C48H83NO9P+. The van der Waals surface area contributed by atoms with Gasteiger partial charge in [-0.05, 0) is 76.7 Å². The molecule has 1 unspecified atom stereocenters. The number of phosphoric ester groups is 1. The van der Waals surface area contributed by atoms with E-state index in [1.807, 2.05) is 69.8 Å². The molecule has 0 radical (unpaired) electrons. The number of aliphatic hydroxyl groups excluding tert-OH is 2. The third kappa shape index (κ3) is 43.1. The molecule has 338 valence electrons. The van der Waals surface area contributed by atoms with Crippen LogP contribution < -0.4 is 0 Å². The molecule has 0 aromatic heterocycles. The predicted molar refractivity (Wildman–Crippen MR) is 245 cm³/mol. The zero-order valence-electron chi connectivity index (χ0n) is 37.4. The van der Waals surface area contributed by atoms with Crippen LogP contribution in [0, 0.1) is 0 Å². The lowest BCUT2D eigenvalue weighted by Crippen LogP contribution is -2.37. The van der Waals surface area contributed by atoms with E-state index in [0.29, 0.717) is 36.7 Å². The zero-order valence-corrected chi connectivity index (χ0v) is 38.3. The lowest BCUT2D eigenvalue weighted by atomic mass is 10.1. The van der Waals surface area contributed by atoms with Gasteiger partial charge in [0.15, 0.2) is 6.10 Å². The summed E-state index contributed by atoms with van der Waals surface area (Å²) < 4.78 is 34.6. The van der Waals surface area contributed by atoms with Crippen molar-refractivity contribution >= 4 is 13.8 Å². The summed E-state index contributed by atoms with van der Waals surface area (Å²) in [6.45, 7) is 4.49. The lowest BCUT2D eigenvalue weighted by Gasteiger charge is -2.24. The van der Waals surface area contributed by atoms with Crippen LogP contribution in [0.1, 0.15) is 136 Å². The fourth-order valence-corrected chi connectivity index (χ4v) is 6.10. The minimum absolute atomic E-state index is 0.0232. The van der Waals surface area contributed by atoms with E-state index < -0.39 is 32.1 Å². The van der Waals surface area contributed by atoms with Crippen LogP contribution in [0.5, 0.6) is 0 Å². The Morgan fingerprint density at radius 2 is 1.19 bits per heavy atom. The van der Waals surface area contributed by atoms with Crippen LogP contribution in [-0.2, 0) is 27.9 Å². The maximum atomic E-state index is 12.7. The second-order valence-electron chi connectivity index (χ2n) is 15.8. The number of hydrogen-bond acceptors (Lipinski definition) is 8. The first-order valence-electron chi connectivity index (χ1n) is 22.2. The lowest BCUT2D eigenvalue weighted by molar-refractivity contribution is -0.870. The van der Waals surface area contributed by atoms with E-state index in [1.165, 1.54) is 70.6 Å². The van der Waals surface area contributed by atoms with Gasteiger partial charge < -0.3 is 29.1 Å². The largest absolute Gasteiger partial charge is 0.498 e. The number of carbonyl (C=O) groups excluding carboxylic acids is 1. The number of hydrogen-bond donors (Lipinski definition) is 3. The van der Waals surface area contributed by atoms with E-state index >= 15 is 0 Å². The van der Waals surface area contributed by atoms with Gasteiger partial charge in [0.05, 0.1) is 46.2 Å². The average Bonchev–Trinajstić information content (AvgIpc) is 3.18. The molecule has 0 heterocycles. The smallest absolute Gasteiger partial charge is 0.472 e. The van der Waals surface area contributed by atoms with Gasteiger partial charge in [-0.25, -0.2) is 4.57 Å². The fraction of sp³-hybridized carbons (Fsp3) is 0.646. The van der Waals surface area contributed by atoms with E-state index in [0.717, 1.165) is 19.3 Å². The molecule has 0 aliphatic rings. The van der Waals surface area contributed by atoms with Crippen molar-refractivity contribution in [3.63, 3.8) is 0 Å². The van der Waals surface area contributed by atoms with Crippen molar-refractivity contribution in [3.05, 3.63) is 97.4 Å². The van der Waals surface area contributed by atoms with Crippen LogP contribution in [0.25, 0.3) is 0 Å². The minimum Gasteiger partial charge on any atom is -0.498 e. The summed E-state index contributed by atoms with van der Waals surface area (Å²) in [5, 5.41) is 20.0. The molecule has 0 spiro atoms. The number of phosphoric acid groups is 1. The van der Waals surface area contributed by atoms with Crippen molar-refractivity contribution in [2.45, 2.75) is 154 Å². The van der Waals surface area contributed by atoms with Gasteiger partial charge in [0, 0.05) is 6.42 Å². The van der Waals surface area contributed by atoms with Crippen molar-refractivity contribution < 1.29 is 47.5 Å². The molecule has 0 saturated carbocycles. The monoisotopic (exact) mass is 849 g/mol. The van der Waals surface area contributed by atoms with Crippen molar-refractivity contribution in [1.82, 2.24) is 0 Å². The molecule has 0 aliphatic carbocycles. The van der Waals surface area contributed by atoms with Gasteiger partial charge in [0.25, 0.3) is 0 Å². The van der Waals surface area contributed by atoms with Gasteiger partial charge in [-0.15, -0.1) is 0 Å². The summed E-state index contributed by atoms with van der Waals surface area (Å²) in [5.41, 5.74) is 0. The molecule has 0 amide bonds. The molecule has 0 aromatic rings. The number of ether oxygens (including phenoxy) is 2. The highest BCUT2D eigenvalue weighted by Gasteiger charge is 2.26. The van der Waals surface area contributed by atoms with Gasteiger partial charge >= 0.3 is 13.8 Å². The second-order valence-corrected chi connectivity index (χ2v) is 17.3. The number of nitrogens with zero attached hydrogens (tertiary/aromatic N) is 1. The Labute approximate surface area is 359 Å². The third-order valence-corrected chi connectivity index (χ3v) is 9.86. The molecular weight excluding hydrogens is 766 g/mol. The molecule has 4 atom stereocenters. The van der Waals surface area contributed by atoms with Gasteiger partial charge in [0.2, 0.25) is 0 Å². The molecule has 59 heavy (non-hydrogen) atoms. The molecule has 0 rings (SSSR count). The van der Waals surface area contributed by atoms with Crippen LogP contribution >= 0.6 is 7.82 Å². The third-order valence-electron chi connectivity index (χ3n) is 8.87. The molecule has 0 aromatic carbocycles. The van der Waals surface area contributed by atoms with E-state index in [4.69, 9.17) is 18.5 Å². The Kier molecular flexibility index (Phi) is 37.4. The molecule has 11 heteroatoms. The minimum atomic E-state index is -4.35. The highest BCUT2D eigenvalue weighted by molar-refractivity contribution is 7.47. The number of allylic oxidation sites excluding steroid dienone is 11. The number of aliphatic hydroxyl groups is 2. The number of rotatable bonds is 39. The first-order chi connectivity index (χ1) is 28.4. The molecule has 0 saturated heterocycles. The van der Waals surface area contributed by atoms with Gasteiger partial charge in [-0.2, -0.15) is 0 Å². The highest BCUT2D eigenvalue weighted by atomic mass is 31.2. The SMILES string of the molecule is CC/C=C\C[C@H](O)/C=C/C=C\C=C\[C@H](O)C/C=C\C/C=C\CCC(=O)O[C@H](CO/C=C/CCCCCCCC/C=C\CCCCCC)COP(=O)(O)OCC[N+](C)(C)C. The summed E-state index contributed by atoms with van der Waals surface area (Å²) >= 11 is 0. The van der Waals surface area contributed by atoms with Crippen LogP contribution in [0.4, 0.5) is 0 Å². The topological polar surface area (TPSA) is 132 Å². The first-order valence-corrected chi connectivity index (χ1v) is 23.7. The number of unbranched alkanes of at least 4 members (excludes halogenated alkanes) is 11. The average molecular weight is 849 g/mol. The van der Waals surface area contributed by atoms with Crippen LogP contribution in [0.2, 0.25) is 0 Å². The highest BCUT2D eigenvalue weighted by Crippen LogP contribution is 2.43. The summed E-state index contributed by atoms with van der Waals surface area (Å²) in [4.78, 5) is 22.8. The maximum absolute atomic E-state index is 12.7.